The highest BCUT2D eigenvalue weighted by Gasteiger charge is 2.54. The fourth-order valence-electron chi connectivity index (χ4n) is 9.44. The second kappa shape index (κ2) is 15.7. The van der Waals surface area contributed by atoms with Crippen molar-refractivity contribution in [2.24, 2.45) is 17.3 Å². The molecule has 2 N–H and O–H groups in total. The van der Waals surface area contributed by atoms with Crippen LogP contribution in [0.4, 0.5) is 0 Å². The number of halogens is 2. The molecule has 10 nitrogen and oxygen atoms in total. The van der Waals surface area contributed by atoms with Crippen LogP contribution in [-0.2, 0) is 29.1 Å². The van der Waals surface area contributed by atoms with Gasteiger partial charge in [-0.3, -0.25) is 14.5 Å². The topological polar surface area (TPSA) is 123 Å². The van der Waals surface area contributed by atoms with Gasteiger partial charge in [0.05, 0.1) is 30.4 Å². The van der Waals surface area contributed by atoms with Gasteiger partial charge in [-0.15, -0.1) is 0 Å². The number of nitrogens with zero attached hydrogens (tertiary/aromatic N) is 3. The fraction of sp³-hybridized carbons (Fsp3) is 0.442. The van der Waals surface area contributed by atoms with Crippen molar-refractivity contribution in [1.29, 1.82) is 0 Å². The van der Waals surface area contributed by atoms with Crippen molar-refractivity contribution in [3.8, 4) is 40.0 Å². The van der Waals surface area contributed by atoms with Crippen molar-refractivity contribution in [3.63, 3.8) is 0 Å². The van der Waals surface area contributed by atoms with E-state index in [0.29, 0.717) is 71.9 Å². The highest BCUT2D eigenvalue weighted by molar-refractivity contribution is 6.36. The lowest BCUT2D eigenvalue weighted by Gasteiger charge is -2.24. The first kappa shape index (κ1) is 37.7. The molecule has 0 unspecified atom stereocenters. The first-order valence-corrected chi connectivity index (χ1v) is 20.0. The molecule has 2 saturated carbocycles. The van der Waals surface area contributed by atoms with E-state index in [1.54, 1.807) is 14.2 Å². The first-order valence-electron chi connectivity index (χ1n) is 19.2. The second-order valence-corrected chi connectivity index (χ2v) is 16.3. The number of hydrogen-bond donors (Lipinski definition) is 2. The first-order chi connectivity index (χ1) is 26.7. The van der Waals surface area contributed by atoms with Crippen LogP contribution < -0.4 is 19.5 Å². The van der Waals surface area contributed by atoms with Crippen LogP contribution in [0.2, 0.25) is 10.0 Å². The van der Waals surface area contributed by atoms with Crippen LogP contribution in [0.5, 0.6) is 17.6 Å². The summed E-state index contributed by atoms with van der Waals surface area (Å²) < 4.78 is 17.9. The minimum atomic E-state index is -0.693. The quantitative estimate of drug-likeness (QED) is 0.137. The third-order valence-corrected chi connectivity index (χ3v) is 12.9. The predicted molar refractivity (Wildman–Crippen MR) is 211 cm³/mol. The molecular weight excluding hydrogens is 739 g/mol. The standard InChI is InChI=1S/C43H46Cl2N4O6/c1-53-39-26(21-46-20-25-11-13-29(50)18-25)12-15-36(47-39)34-10-4-9-33(38(34)45)30-7-3-8-32-31(30)14-16-37(32)55-41-35(44)19-27(40(48-41)54-2)22-49-23-28-6-5-17-43(28,24-49)42(51)52/h3-4,7-10,12,15,19,25,28,37,46H,5-6,11,13-14,16-18,20-24H2,1-2H3,(H,51,52)/t25-,28+,37+,43+/m1/s1. The number of methoxy groups -OCH3 is 2. The lowest BCUT2D eigenvalue weighted by atomic mass is 9.81. The number of Topliss-reactive ketones (excluding diaryl/α,β-unsaturated/α-hetero) is 1. The van der Waals surface area contributed by atoms with Crippen LogP contribution in [-0.4, -0.2) is 65.6 Å². The molecular formula is C43H46Cl2N4O6. The molecule has 3 heterocycles. The van der Waals surface area contributed by atoms with Gasteiger partial charge in [-0.25, -0.2) is 4.98 Å². The van der Waals surface area contributed by atoms with E-state index in [1.165, 1.54) is 0 Å². The van der Waals surface area contributed by atoms with E-state index in [2.05, 4.69) is 22.3 Å². The van der Waals surface area contributed by atoms with E-state index in [1.807, 2.05) is 42.5 Å². The summed E-state index contributed by atoms with van der Waals surface area (Å²) >= 11 is 14.0. The summed E-state index contributed by atoms with van der Waals surface area (Å²) in [7, 11) is 3.20. The Hall–Kier alpha value is -4.22. The predicted octanol–water partition coefficient (Wildman–Crippen LogP) is 8.35. The lowest BCUT2D eigenvalue weighted by Crippen LogP contribution is -2.35. The zero-order valence-corrected chi connectivity index (χ0v) is 32.7. The number of carbonyl (C=O) groups is 2. The summed E-state index contributed by atoms with van der Waals surface area (Å²) in [6, 6.07) is 18.0. The maximum Gasteiger partial charge on any atom is 0.311 e. The number of carboxylic acid groups (broad SMARTS) is 1. The van der Waals surface area contributed by atoms with Crippen molar-refractivity contribution < 1.29 is 28.9 Å². The van der Waals surface area contributed by atoms with Crippen LogP contribution in [0, 0.1) is 17.3 Å². The van der Waals surface area contributed by atoms with Gasteiger partial charge >= 0.3 is 5.97 Å². The summed E-state index contributed by atoms with van der Waals surface area (Å²) in [5.74, 6) is 1.47. The van der Waals surface area contributed by atoms with E-state index in [9.17, 15) is 14.7 Å². The van der Waals surface area contributed by atoms with Crippen LogP contribution in [0.25, 0.3) is 22.4 Å². The van der Waals surface area contributed by atoms with Crippen molar-refractivity contribution in [3.05, 3.63) is 86.9 Å². The second-order valence-electron chi connectivity index (χ2n) is 15.5. The minimum absolute atomic E-state index is 0.160. The molecule has 288 valence electrons. The number of carbonyl (C=O) groups excluding carboxylic acids is 1. The minimum Gasteiger partial charge on any atom is -0.481 e. The molecule has 0 amide bonds. The van der Waals surface area contributed by atoms with E-state index in [0.717, 1.165) is 96.3 Å². The van der Waals surface area contributed by atoms with Gasteiger partial charge in [-0.2, -0.15) is 4.98 Å². The Morgan fingerprint density at radius 2 is 1.73 bits per heavy atom. The summed E-state index contributed by atoms with van der Waals surface area (Å²) in [6.45, 7) is 3.14. The average Bonchev–Trinajstić information content (AvgIpc) is 3.97. The number of ketones is 1. The number of aliphatic carboxylic acids is 1. The third-order valence-electron chi connectivity index (χ3n) is 12.2. The van der Waals surface area contributed by atoms with Gasteiger partial charge in [0.25, 0.3) is 0 Å². The summed E-state index contributed by atoms with van der Waals surface area (Å²) in [5.41, 5.74) is 6.77. The van der Waals surface area contributed by atoms with Crippen molar-refractivity contribution in [2.75, 3.05) is 33.9 Å². The van der Waals surface area contributed by atoms with Gasteiger partial charge in [0.1, 0.15) is 16.9 Å². The van der Waals surface area contributed by atoms with Gasteiger partial charge < -0.3 is 24.6 Å². The van der Waals surface area contributed by atoms with E-state index < -0.39 is 11.4 Å². The molecule has 55 heavy (non-hydrogen) atoms. The number of hydrogen-bond acceptors (Lipinski definition) is 9. The van der Waals surface area contributed by atoms with Gasteiger partial charge in [-0.1, -0.05) is 72.1 Å². The van der Waals surface area contributed by atoms with Crippen LogP contribution in [0.1, 0.15) is 73.3 Å². The molecule has 2 aromatic heterocycles. The van der Waals surface area contributed by atoms with Crippen molar-refractivity contribution in [2.45, 2.75) is 70.6 Å². The Bertz CT molecular complexity index is 2130. The number of ether oxygens (including phenoxy) is 3. The SMILES string of the molecule is COc1nc(-c2cccc(-c3cccc4c3CC[C@@H]4Oc3nc(OC)c(CN4C[C@@H]5CCC[C@]5(C(=O)O)C4)cc3Cl)c2Cl)ccc1CNC[C@@H]1CCC(=O)C1. The molecule has 0 radical (unpaired) electrons. The molecule has 0 spiro atoms. The van der Waals surface area contributed by atoms with E-state index in [-0.39, 0.29) is 12.0 Å². The summed E-state index contributed by atoms with van der Waals surface area (Å²) in [4.78, 5) is 35.7. The molecule has 1 saturated heterocycles. The zero-order valence-electron chi connectivity index (χ0n) is 31.2. The van der Waals surface area contributed by atoms with Crippen molar-refractivity contribution >= 4 is 35.0 Å². The molecule has 4 atom stereocenters. The molecule has 3 fully saturated rings. The molecule has 8 rings (SSSR count). The average molecular weight is 786 g/mol. The summed E-state index contributed by atoms with van der Waals surface area (Å²) in [6.07, 6.45) is 6.17. The number of carboxylic acids is 1. The lowest BCUT2D eigenvalue weighted by molar-refractivity contribution is -0.149. The van der Waals surface area contributed by atoms with Crippen LogP contribution in [0.3, 0.4) is 0 Å². The van der Waals surface area contributed by atoms with Gasteiger partial charge in [0.2, 0.25) is 17.6 Å². The zero-order chi connectivity index (χ0) is 38.3. The van der Waals surface area contributed by atoms with Crippen molar-refractivity contribution in [1.82, 2.24) is 20.2 Å². The number of benzene rings is 2. The monoisotopic (exact) mass is 784 g/mol. The van der Waals surface area contributed by atoms with Gasteiger partial charge in [0.15, 0.2) is 0 Å². The number of rotatable bonds is 13. The third kappa shape index (κ3) is 7.30. The number of pyridine rings is 2. The fourth-order valence-corrected chi connectivity index (χ4v) is 9.98. The Morgan fingerprint density at radius 1 is 0.945 bits per heavy atom. The van der Waals surface area contributed by atoms with Gasteiger partial charge in [0, 0.05) is 61.3 Å². The van der Waals surface area contributed by atoms with E-state index >= 15 is 0 Å². The molecule has 3 aliphatic carbocycles. The molecule has 4 aromatic rings. The number of nitrogens with one attached hydrogen (secondary N) is 1. The Labute approximate surface area is 331 Å². The molecule has 2 aromatic carbocycles. The Balaban J connectivity index is 0.988. The maximum atomic E-state index is 12.2. The Morgan fingerprint density at radius 3 is 2.49 bits per heavy atom. The summed E-state index contributed by atoms with van der Waals surface area (Å²) in [5, 5.41) is 14.5. The smallest absolute Gasteiger partial charge is 0.311 e. The number of aromatic nitrogens is 2. The number of likely N-dealkylation sites (tertiary alicyclic amines) is 1. The highest BCUT2D eigenvalue weighted by Crippen LogP contribution is 2.50. The van der Waals surface area contributed by atoms with Gasteiger partial charge in [-0.05, 0) is 79.3 Å². The molecule has 1 aliphatic heterocycles. The van der Waals surface area contributed by atoms with Crippen LogP contribution >= 0.6 is 23.2 Å². The molecule has 4 aliphatic rings. The highest BCUT2D eigenvalue weighted by atomic mass is 35.5. The van der Waals surface area contributed by atoms with E-state index in [4.69, 9.17) is 47.4 Å². The Kier molecular flexibility index (Phi) is 10.8. The normalized spacial score (nSPS) is 23.2. The largest absolute Gasteiger partial charge is 0.481 e. The molecule has 12 heteroatoms. The van der Waals surface area contributed by atoms with Crippen LogP contribution in [0.15, 0.2) is 54.6 Å². The molecule has 0 bridgehead atoms. The number of fused-ring (bicyclic) bond motifs is 2. The maximum absolute atomic E-state index is 12.2.